The van der Waals surface area contributed by atoms with Gasteiger partial charge in [0, 0.05) is 35.5 Å². The summed E-state index contributed by atoms with van der Waals surface area (Å²) >= 11 is 0. The van der Waals surface area contributed by atoms with E-state index in [4.69, 9.17) is 10.8 Å². The van der Waals surface area contributed by atoms with Crippen LogP contribution in [0.15, 0.2) is 12.5 Å². The van der Waals surface area contributed by atoms with Gasteiger partial charge in [-0.15, -0.1) is 0 Å². The van der Waals surface area contributed by atoms with Crippen molar-refractivity contribution >= 4 is 10.8 Å². The Morgan fingerprint density at radius 3 is 3.07 bits per heavy atom. The van der Waals surface area contributed by atoms with E-state index in [1.807, 2.05) is 4.57 Å². The van der Waals surface area contributed by atoms with E-state index in [1.54, 1.807) is 18.8 Å². The second kappa shape index (κ2) is 5.23. The van der Waals surface area contributed by atoms with Crippen LogP contribution in [0.25, 0.3) is 0 Å². The summed E-state index contributed by atoms with van der Waals surface area (Å²) in [7, 11) is -0.826. The van der Waals surface area contributed by atoms with Gasteiger partial charge in [0.2, 0.25) is 0 Å². The molecule has 1 aromatic rings. The molecule has 0 bridgehead atoms. The van der Waals surface area contributed by atoms with Crippen LogP contribution in [0, 0.1) is 0 Å². The zero-order chi connectivity index (χ0) is 10.6. The van der Waals surface area contributed by atoms with Crippen LogP contribution in [0.2, 0.25) is 0 Å². The van der Waals surface area contributed by atoms with Gasteiger partial charge < -0.3 is 15.4 Å². The second-order valence-corrected chi connectivity index (χ2v) is 4.63. The molecule has 80 valence electrons. The van der Waals surface area contributed by atoms with Gasteiger partial charge in [-0.3, -0.25) is 4.21 Å². The Morgan fingerprint density at radius 2 is 2.50 bits per heavy atom. The number of aliphatic hydroxyl groups is 1. The van der Waals surface area contributed by atoms with Crippen molar-refractivity contribution < 1.29 is 9.32 Å². The SMILES string of the molecule is CS(=O)CCn1cncc1C(N)CO. The molecule has 6 heteroatoms. The first-order valence-corrected chi connectivity index (χ1v) is 6.04. The molecule has 0 aliphatic heterocycles. The summed E-state index contributed by atoms with van der Waals surface area (Å²) in [6.45, 7) is 0.507. The molecule has 0 fully saturated rings. The molecular formula is C8H15N3O2S. The largest absolute Gasteiger partial charge is 0.394 e. The van der Waals surface area contributed by atoms with Gasteiger partial charge in [-0.2, -0.15) is 0 Å². The van der Waals surface area contributed by atoms with Crippen LogP contribution in [0.1, 0.15) is 11.7 Å². The quantitative estimate of drug-likeness (QED) is 0.680. The number of imidazole rings is 1. The lowest BCUT2D eigenvalue weighted by atomic mass is 10.2. The van der Waals surface area contributed by atoms with Crippen LogP contribution >= 0.6 is 0 Å². The van der Waals surface area contributed by atoms with Gasteiger partial charge in [-0.05, 0) is 0 Å². The lowest BCUT2D eigenvalue weighted by Crippen LogP contribution is -2.20. The third-order valence-electron chi connectivity index (χ3n) is 1.94. The summed E-state index contributed by atoms with van der Waals surface area (Å²) < 4.78 is 12.7. The molecule has 0 amide bonds. The zero-order valence-corrected chi connectivity index (χ0v) is 8.91. The van der Waals surface area contributed by atoms with Crippen LogP contribution in [0.5, 0.6) is 0 Å². The number of hydrogen-bond acceptors (Lipinski definition) is 4. The van der Waals surface area contributed by atoms with Gasteiger partial charge in [0.15, 0.2) is 0 Å². The molecular weight excluding hydrogens is 202 g/mol. The Morgan fingerprint density at radius 1 is 1.79 bits per heavy atom. The van der Waals surface area contributed by atoms with E-state index in [0.717, 1.165) is 5.69 Å². The molecule has 2 atom stereocenters. The standard InChI is InChI=1S/C8H15N3O2S/c1-14(13)3-2-11-6-10-4-8(11)7(9)5-12/h4,6-7,12H,2-3,5,9H2,1H3. The molecule has 14 heavy (non-hydrogen) atoms. The first-order chi connectivity index (χ1) is 6.65. The van der Waals surface area contributed by atoms with E-state index in [-0.39, 0.29) is 6.61 Å². The molecule has 0 spiro atoms. The molecule has 0 aliphatic carbocycles. The van der Waals surface area contributed by atoms with Gasteiger partial charge >= 0.3 is 0 Å². The Bertz CT molecular complexity index is 313. The maximum absolute atomic E-state index is 10.9. The average molecular weight is 217 g/mol. The molecule has 1 aromatic heterocycles. The lowest BCUT2D eigenvalue weighted by Gasteiger charge is -2.11. The fourth-order valence-corrected chi connectivity index (χ4v) is 1.60. The fourth-order valence-electron chi connectivity index (χ4n) is 1.15. The number of aryl methyl sites for hydroxylation is 1. The predicted molar refractivity (Wildman–Crippen MR) is 55.2 cm³/mol. The van der Waals surface area contributed by atoms with Crippen molar-refractivity contribution in [1.29, 1.82) is 0 Å². The lowest BCUT2D eigenvalue weighted by molar-refractivity contribution is 0.263. The first-order valence-electron chi connectivity index (χ1n) is 4.31. The molecule has 0 aromatic carbocycles. The van der Waals surface area contributed by atoms with Crippen LogP contribution in [-0.4, -0.2) is 37.5 Å². The summed E-state index contributed by atoms with van der Waals surface area (Å²) in [4.78, 5) is 3.94. The molecule has 0 aliphatic rings. The average Bonchev–Trinajstić information content (AvgIpc) is 2.61. The monoisotopic (exact) mass is 217 g/mol. The number of aromatic nitrogens is 2. The predicted octanol–water partition coefficient (Wildman–Crippen LogP) is -0.746. The molecule has 0 radical (unpaired) electrons. The minimum atomic E-state index is -0.826. The van der Waals surface area contributed by atoms with E-state index in [9.17, 15) is 4.21 Å². The summed E-state index contributed by atoms with van der Waals surface area (Å²) in [5, 5.41) is 8.88. The van der Waals surface area contributed by atoms with E-state index < -0.39 is 16.8 Å². The molecule has 2 unspecified atom stereocenters. The van der Waals surface area contributed by atoms with E-state index in [2.05, 4.69) is 4.98 Å². The van der Waals surface area contributed by atoms with E-state index in [1.165, 1.54) is 0 Å². The summed E-state index contributed by atoms with van der Waals surface area (Å²) in [6.07, 6.45) is 4.92. The minimum absolute atomic E-state index is 0.110. The van der Waals surface area contributed by atoms with Gasteiger partial charge in [-0.1, -0.05) is 0 Å². The van der Waals surface area contributed by atoms with Gasteiger partial charge in [0.1, 0.15) is 0 Å². The topological polar surface area (TPSA) is 81.1 Å². The van der Waals surface area contributed by atoms with Gasteiger partial charge in [0.25, 0.3) is 0 Å². The number of nitrogens with two attached hydrogens (primary N) is 1. The minimum Gasteiger partial charge on any atom is -0.394 e. The number of nitrogens with zero attached hydrogens (tertiary/aromatic N) is 2. The van der Waals surface area contributed by atoms with Crippen molar-refractivity contribution in [3.63, 3.8) is 0 Å². The zero-order valence-electron chi connectivity index (χ0n) is 8.09. The Balaban J connectivity index is 2.67. The summed E-state index contributed by atoms with van der Waals surface area (Å²) in [5.74, 6) is 0.571. The smallest absolute Gasteiger partial charge is 0.0948 e. The van der Waals surface area contributed by atoms with Crippen molar-refractivity contribution in [1.82, 2.24) is 9.55 Å². The third kappa shape index (κ3) is 2.90. The highest BCUT2D eigenvalue weighted by Crippen LogP contribution is 2.08. The normalized spacial score (nSPS) is 15.4. The molecule has 0 saturated heterocycles. The Kier molecular flexibility index (Phi) is 4.24. The molecule has 1 rings (SSSR count). The summed E-state index contributed by atoms with van der Waals surface area (Å²) in [6, 6.07) is -0.414. The van der Waals surface area contributed by atoms with Crippen molar-refractivity contribution in [2.24, 2.45) is 5.73 Å². The van der Waals surface area contributed by atoms with Crippen molar-refractivity contribution in [3.05, 3.63) is 18.2 Å². The van der Waals surface area contributed by atoms with Crippen molar-refractivity contribution in [2.75, 3.05) is 18.6 Å². The Labute approximate surface area is 85.4 Å². The van der Waals surface area contributed by atoms with Gasteiger partial charge in [0.05, 0.1) is 24.7 Å². The maximum Gasteiger partial charge on any atom is 0.0948 e. The van der Waals surface area contributed by atoms with Crippen LogP contribution in [-0.2, 0) is 17.3 Å². The van der Waals surface area contributed by atoms with E-state index in [0.29, 0.717) is 12.3 Å². The first kappa shape index (κ1) is 11.4. The highest BCUT2D eigenvalue weighted by molar-refractivity contribution is 7.84. The number of aliphatic hydroxyl groups excluding tert-OH is 1. The fraction of sp³-hybridized carbons (Fsp3) is 0.625. The highest BCUT2D eigenvalue weighted by atomic mass is 32.2. The van der Waals surface area contributed by atoms with Crippen LogP contribution in [0.4, 0.5) is 0 Å². The highest BCUT2D eigenvalue weighted by Gasteiger charge is 2.10. The number of hydrogen-bond donors (Lipinski definition) is 2. The molecule has 0 saturated carbocycles. The number of rotatable bonds is 5. The summed E-state index contributed by atoms with van der Waals surface area (Å²) in [5.41, 5.74) is 6.44. The van der Waals surface area contributed by atoms with Crippen molar-refractivity contribution in [2.45, 2.75) is 12.6 Å². The third-order valence-corrected chi connectivity index (χ3v) is 2.70. The molecule has 3 N–H and O–H groups in total. The molecule has 5 nitrogen and oxygen atoms in total. The van der Waals surface area contributed by atoms with Gasteiger partial charge in [-0.25, -0.2) is 4.98 Å². The van der Waals surface area contributed by atoms with Crippen molar-refractivity contribution in [3.8, 4) is 0 Å². The second-order valence-electron chi connectivity index (χ2n) is 3.08. The maximum atomic E-state index is 10.9. The Hall–Kier alpha value is -0.720. The molecule has 1 heterocycles. The van der Waals surface area contributed by atoms with Crippen LogP contribution < -0.4 is 5.73 Å². The van der Waals surface area contributed by atoms with Crippen LogP contribution in [0.3, 0.4) is 0 Å². The van der Waals surface area contributed by atoms with E-state index >= 15 is 0 Å².